The Balaban J connectivity index is 1.93. The quantitative estimate of drug-likeness (QED) is 0.918. The lowest BCUT2D eigenvalue weighted by Crippen LogP contribution is -2.22. The van der Waals surface area contributed by atoms with Crippen molar-refractivity contribution in [2.75, 3.05) is 5.75 Å². The van der Waals surface area contributed by atoms with Gasteiger partial charge in [-0.2, -0.15) is 16.7 Å². The third-order valence-corrected chi connectivity index (χ3v) is 6.52. The number of aryl methyl sites for hydroxylation is 1. The lowest BCUT2D eigenvalue weighted by molar-refractivity contribution is 0.367. The highest BCUT2D eigenvalue weighted by Crippen LogP contribution is 2.43. The predicted octanol–water partition coefficient (Wildman–Crippen LogP) is 2.65. The van der Waals surface area contributed by atoms with Gasteiger partial charge in [0, 0.05) is 28.7 Å². The number of hydrogen-bond donors (Lipinski definition) is 1. The second-order valence-corrected chi connectivity index (χ2v) is 7.93. The zero-order chi connectivity index (χ0) is 13.1. The van der Waals surface area contributed by atoms with Gasteiger partial charge in [-0.1, -0.05) is 19.0 Å². The summed E-state index contributed by atoms with van der Waals surface area (Å²) in [6.45, 7) is 6.54. The molecule has 2 N–H and O–H groups in total. The first kappa shape index (κ1) is 14.2. The molecule has 1 aliphatic heterocycles. The molecule has 6 heteroatoms. The number of rotatable bonds is 4. The van der Waals surface area contributed by atoms with Crippen molar-refractivity contribution < 1.29 is 4.52 Å². The van der Waals surface area contributed by atoms with Crippen LogP contribution in [-0.2, 0) is 6.42 Å². The van der Waals surface area contributed by atoms with Gasteiger partial charge in [-0.25, -0.2) is 0 Å². The van der Waals surface area contributed by atoms with E-state index in [4.69, 9.17) is 10.3 Å². The standard InChI is InChI=1S/C12H21N3OS2/c1-7(13)4-5-11-14-12(15-16-11)10-6-17-8(2)9(3)18-10/h7-10H,4-6,13H2,1-3H3. The molecule has 1 aromatic rings. The Morgan fingerprint density at radius 1 is 1.44 bits per heavy atom. The van der Waals surface area contributed by atoms with Crippen LogP contribution < -0.4 is 5.73 Å². The van der Waals surface area contributed by atoms with E-state index >= 15 is 0 Å². The maximum atomic E-state index is 5.73. The Bertz CT molecular complexity index is 383. The van der Waals surface area contributed by atoms with Crippen molar-refractivity contribution in [2.45, 2.75) is 55.4 Å². The second kappa shape index (κ2) is 6.30. The van der Waals surface area contributed by atoms with E-state index in [0.29, 0.717) is 15.7 Å². The van der Waals surface area contributed by atoms with Gasteiger partial charge in [0.15, 0.2) is 5.82 Å². The normalized spacial score (nSPS) is 30.3. The minimum Gasteiger partial charge on any atom is -0.339 e. The highest BCUT2D eigenvalue weighted by Gasteiger charge is 2.29. The van der Waals surface area contributed by atoms with Crippen LogP contribution >= 0.6 is 23.5 Å². The summed E-state index contributed by atoms with van der Waals surface area (Å²) in [6.07, 6.45) is 1.67. The molecule has 4 atom stereocenters. The summed E-state index contributed by atoms with van der Waals surface area (Å²) >= 11 is 3.95. The van der Waals surface area contributed by atoms with Crippen molar-refractivity contribution in [1.82, 2.24) is 10.1 Å². The number of aromatic nitrogens is 2. The van der Waals surface area contributed by atoms with E-state index < -0.39 is 0 Å². The number of nitrogens with zero attached hydrogens (tertiary/aromatic N) is 2. The van der Waals surface area contributed by atoms with Gasteiger partial charge in [0.05, 0.1) is 5.25 Å². The first-order valence-electron chi connectivity index (χ1n) is 6.41. The molecular weight excluding hydrogens is 266 g/mol. The van der Waals surface area contributed by atoms with Crippen molar-refractivity contribution in [1.29, 1.82) is 0 Å². The van der Waals surface area contributed by atoms with Crippen LogP contribution in [0.2, 0.25) is 0 Å². The fourth-order valence-corrected chi connectivity index (χ4v) is 4.60. The number of nitrogens with two attached hydrogens (primary N) is 1. The molecule has 102 valence electrons. The van der Waals surface area contributed by atoms with Crippen LogP contribution in [0.4, 0.5) is 0 Å². The van der Waals surface area contributed by atoms with E-state index in [0.717, 1.165) is 30.3 Å². The van der Waals surface area contributed by atoms with Gasteiger partial charge >= 0.3 is 0 Å². The molecule has 0 amide bonds. The Labute approximate surface area is 117 Å². The van der Waals surface area contributed by atoms with E-state index in [1.165, 1.54) is 0 Å². The Morgan fingerprint density at radius 3 is 2.89 bits per heavy atom. The largest absolute Gasteiger partial charge is 0.339 e. The summed E-state index contributed by atoms with van der Waals surface area (Å²) in [4.78, 5) is 4.50. The van der Waals surface area contributed by atoms with E-state index in [9.17, 15) is 0 Å². The summed E-state index contributed by atoms with van der Waals surface area (Å²) in [5.74, 6) is 2.65. The molecule has 4 nitrogen and oxygen atoms in total. The fourth-order valence-electron chi connectivity index (χ4n) is 1.77. The maximum absolute atomic E-state index is 5.73. The zero-order valence-corrected chi connectivity index (χ0v) is 12.8. The first-order chi connectivity index (χ1) is 8.56. The van der Waals surface area contributed by atoms with Crippen molar-refractivity contribution in [3.05, 3.63) is 11.7 Å². The summed E-state index contributed by atoms with van der Waals surface area (Å²) in [5, 5.41) is 5.83. The van der Waals surface area contributed by atoms with Crippen LogP contribution in [0, 0.1) is 0 Å². The zero-order valence-electron chi connectivity index (χ0n) is 11.1. The molecule has 1 aromatic heterocycles. The van der Waals surface area contributed by atoms with Gasteiger partial charge in [-0.15, -0.1) is 11.8 Å². The molecule has 0 bridgehead atoms. The van der Waals surface area contributed by atoms with Gasteiger partial charge in [0.2, 0.25) is 5.89 Å². The lowest BCUT2D eigenvalue weighted by atomic mass is 10.2. The Kier molecular flexibility index (Phi) is 4.98. The molecule has 0 spiro atoms. The van der Waals surface area contributed by atoms with Crippen LogP contribution in [0.3, 0.4) is 0 Å². The highest BCUT2D eigenvalue weighted by atomic mass is 32.2. The number of thioether (sulfide) groups is 2. The molecule has 2 heterocycles. The van der Waals surface area contributed by atoms with Gasteiger partial charge in [0.1, 0.15) is 0 Å². The molecule has 0 aromatic carbocycles. The number of hydrogen-bond acceptors (Lipinski definition) is 6. The fraction of sp³-hybridized carbons (Fsp3) is 0.833. The van der Waals surface area contributed by atoms with Gasteiger partial charge in [0.25, 0.3) is 0 Å². The molecular formula is C12H21N3OS2. The summed E-state index contributed by atoms with van der Waals surface area (Å²) in [5.41, 5.74) is 5.73. The van der Waals surface area contributed by atoms with Crippen molar-refractivity contribution >= 4 is 23.5 Å². The summed E-state index contributed by atoms with van der Waals surface area (Å²) < 4.78 is 5.29. The van der Waals surface area contributed by atoms with Crippen LogP contribution in [0.1, 0.15) is 44.2 Å². The topological polar surface area (TPSA) is 64.9 Å². The predicted molar refractivity (Wildman–Crippen MR) is 78.0 cm³/mol. The molecule has 1 fully saturated rings. The van der Waals surface area contributed by atoms with E-state index in [-0.39, 0.29) is 6.04 Å². The molecule has 4 unspecified atom stereocenters. The molecule has 1 aliphatic rings. The van der Waals surface area contributed by atoms with Gasteiger partial charge < -0.3 is 10.3 Å². The smallest absolute Gasteiger partial charge is 0.226 e. The monoisotopic (exact) mass is 287 g/mol. The Morgan fingerprint density at radius 2 is 2.22 bits per heavy atom. The van der Waals surface area contributed by atoms with Crippen molar-refractivity contribution in [3.8, 4) is 0 Å². The van der Waals surface area contributed by atoms with Crippen molar-refractivity contribution in [3.63, 3.8) is 0 Å². The average molecular weight is 287 g/mol. The molecule has 1 saturated heterocycles. The van der Waals surface area contributed by atoms with Gasteiger partial charge in [-0.05, 0) is 13.3 Å². The van der Waals surface area contributed by atoms with Crippen molar-refractivity contribution in [2.24, 2.45) is 5.73 Å². The average Bonchev–Trinajstić information content (AvgIpc) is 2.79. The molecule has 0 radical (unpaired) electrons. The minimum atomic E-state index is 0.181. The molecule has 18 heavy (non-hydrogen) atoms. The minimum absolute atomic E-state index is 0.181. The third kappa shape index (κ3) is 3.65. The Hall–Kier alpha value is -0.200. The summed E-state index contributed by atoms with van der Waals surface area (Å²) in [6, 6.07) is 0.181. The maximum Gasteiger partial charge on any atom is 0.226 e. The molecule has 0 aliphatic carbocycles. The molecule has 2 rings (SSSR count). The van der Waals surface area contributed by atoms with E-state index in [1.807, 2.05) is 30.4 Å². The lowest BCUT2D eigenvalue weighted by Gasteiger charge is -2.29. The summed E-state index contributed by atoms with van der Waals surface area (Å²) in [7, 11) is 0. The van der Waals surface area contributed by atoms with E-state index in [2.05, 4.69) is 24.0 Å². The van der Waals surface area contributed by atoms with Crippen LogP contribution in [0.5, 0.6) is 0 Å². The van der Waals surface area contributed by atoms with Gasteiger partial charge in [-0.3, -0.25) is 0 Å². The SMILES string of the molecule is CC(N)CCc1nc(C2CSC(C)C(C)S2)no1. The van der Waals surface area contributed by atoms with Crippen LogP contribution in [0.15, 0.2) is 4.52 Å². The molecule has 0 saturated carbocycles. The first-order valence-corrected chi connectivity index (χ1v) is 8.40. The van der Waals surface area contributed by atoms with Crippen LogP contribution in [-0.4, -0.2) is 32.4 Å². The highest BCUT2D eigenvalue weighted by molar-refractivity contribution is 8.07. The van der Waals surface area contributed by atoms with E-state index in [1.54, 1.807) is 0 Å². The second-order valence-electron chi connectivity index (χ2n) is 4.93. The third-order valence-electron chi connectivity index (χ3n) is 3.14. The van der Waals surface area contributed by atoms with Crippen LogP contribution in [0.25, 0.3) is 0 Å².